The first-order chi connectivity index (χ1) is 7.60. The summed E-state index contributed by atoms with van der Waals surface area (Å²) in [5.41, 5.74) is -0.0148. The summed E-state index contributed by atoms with van der Waals surface area (Å²) in [5.74, 6) is -1.21. The third-order valence-electron chi connectivity index (χ3n) is 1.94. The van der Waals surface area contributed by atoms with Crippen LogP contribution in [0.25, 0.3) is 0 Å². The molecule has 0 aliphatic heterocycles. The van der Waals surface area contributed by atoms with Crippen molar-refractivity contribution < 1.29 is 19.4 Å². The van der Waals surface area contributed by atoms with Gasteiger partial charge in [0.15, 0.2) is 0 Å². The van der Waals surface area contributed by atoms with Crippen molar-refractivity contribution in [2.75, 3.05) is 7.11 Å². The van der Waals surface area contributed by atoms with Crippen LogP contribution in [0.5, 0.6) is 5.75 Å². The number of benzene rings is 1. The highest BCUT2D eigenvalue weighted by molar-refractivity contribution is 9.11. The number of ether oxygens (including phenoxy) is 1. The summed E-state index contributed by atoms with van der Waals surface area (Å²) in [6.45, 7) is 0. The Balaban J connectivity index is 3.00. The van der Waals surface area contributed by atoms with Crippen LogP contribution < -0.4 is 4.74 Å². The zero-order valence-corrected chi connectivity index (χ0v) is 10.0. The number of aliphatic carboxylic acids is 1. The van der Waals surface area contributed by atoms with Gasteiger partial charge in [0.1, 0.15) is 11.3 Å². The van der Waals surface area contributed by atoms with Crippen LogP contribution >= 0.6 is 15.9 Å². The van der Waals surface area contributed by atoms with Crippen LogP contribution in [0.3, 0.4) is 0 Å². The summed E-state index contributed by atoms with van der Waals surface area (Å²) in [6.07, 6.45) is 0. The van der Waals surface area contributed by atoms with E-state index in [2.05, 4.69) is 15.9 Å². The highest BCUT2D eigenvalue weighted by Crippen LogP contribution is 2.15. The molecule has 5 heteroatoms. The monoisotopic (exact) mass is 284 g/mol. The topological polar surface area (TPSA) is 63.6 Å². The molecule has 0 amide bonds. The zero-order chi connectivity index (χ0) is 12.1. The van der Waals surface area contributed by atoms with Gasteiger partial charge in [0.25, 0.3) is 0 Å². The lowest BCUT2D eigenvalue weighted by Gasteiger charge is -2.02. The minimum Gasteiger partial charge on any atom is -0.497 e. The SMILES string of the molecule is COc1ccc(C(=O)C(=CBr)C(=O)O)cc1. The van der Waals surface area contributed by atoms with Crippen molar-refractivity contribution in [2.24, 2.45) is 0 Å². The number of methoxy groups -OCH3 is 1. The number of rotatable bonds is 4. The minimum absolute atomic E-state index is 0.300. The number of carbonyl (C=O) groups excluding carboxylic acids is 1. The molecule has 1 aromatic carbocycles. The van der Waals surface area contributed by atoms with Gasteiger partial charge in [-0.2, -0.15) is 0 Å². The Morgan fingerprint density at radius 3 is 2.25 bits per heavy atom. The van der Waals surface area contributed by atoms with Gasteiger partial charge in [0, 0.05) is 5.56 Å². The maximum Gasteiger partial charge on any atom is 0.340 e. The van der Waals surface area contributed by atoms with Gasteiger partial charge in [-0.25, -0.2) is 4.79 Å². The van der Waals surface area contributed by atoms with E-state index in [0.29, 0.717) is 11.3 Å². The van der Waals surface area contributed by atoms with Gasteiger partial charge in [-0.05, 0) is 29.3 Å². The number of Topliss-reactive ketones (excluding diaryl/α,β-unsaturated/α-hetero) is 1. The zero-order valence-electron chi connectivity index (χ0n) is 8.44. The predicted octanol–water partition coefficient (Wildman–Crippen LogP) is 2.24. The Labute approximate surface area is 101 Å². The molecule has 1 rings (SSSR count). The number of carboxylic acids is 1. The fourth-order valence-corrected chi connectivity index (χ4v) is 1.49. The number of carboxylic acid groups (broad SMARTS) is 1. The van der Waals surface area contributed by atoms with E-state index >= 15 is 0 Å². The first-order valence-electron chi connectivity index (χ1n) is 4.32. The summed E-state index contributed by atoms with van der Waals surface area (Å²) in [6, 6.07) is 6.23. The summed E-state index contributed by atoms with van der Waals surface area (Å²) in [5, 5.41) is 8.76. The first-order valence-corrected chi connectivity index (χ1v) is 5.24. The minimum atomic E-state index is -1.27. The molecule has 0 aliphatic rings. The Bertz CT molecular complexity index is 434. The maximum absolute atomic E-state index is 11.7. The molecule has 0 atom stereocenters. The summed E-state index contributed by atoms with van der Waals surface area (Å²) < 4.78 is 4.93. The van der Waals surface area contributed by atoms with Gasteiger partial charge < -0.3 is 9.84 Å². The molecule has 0 aliphatic carbocycles. The molecule has 0 aromatic heterocycles. The van der Waals surface area contributed by atoms with Crippen molar-refractivity contribution >= 4 is 27.7 Å². The number of hydrogen-bond acceptors (Lipinski definition) is 3. The first kappa shape index (κ1) is 12.4. The molecule has 1 N–H and O–H groups in total. The summed E-state index contributed by atoms with van der Waals surface area (Å²) in [4.78, 5) is 23.5. The number of ketones is 1. The molecule has 0 radical (unpaired) electrons. The predicted molar refractivity (Wildman–Crippen MR) is 62.0 cm³/mol. The van der Waals surface area contributed by atoms with Crippen LogP contribution in [-0.4, -0.2) is 24.0 Å². The Kier molecular flexibility index (Phi) is 4.25. The Morgan fingerprint density at radius 2 is 1.88 bits per heavy atom. The Morgan fingerprint density at radius 1 is 1.31 bits per heavy atom. The molecule has 16 heavy (non-hydrogen) atoms. The Hall–Kier alpha value is -1.62. The van der Waals surface area contributed by atoms with Gasteiger partial charge in [0.2, 0.25) is 5.78 Å². The van der Waals surface area contributed by atoms with E-state index in [1.54, 1.807) is 12.1 Å². The standard InChI is InChI=1S/C11H9BrO4/c1-16-8-4-2-7(3-5-8)10(13)9(6-12)11(14)15/h2-6H,1H3,(H,14,15). The average Bonchev–Trinajstić information content (AvgIpc) is 2.29. The summed E-state index contributed by atoms with van der Waals surface area (Å²) >= 11 is 2.85. The molecule has 0 saturated heterocycles. The van der Waals surface area contributed by atoms with Crippen molar-refractivity contribution in [1.29, 1.82) is 0 Å². The molecular formula is C11H9BrO4. The molecule has 0 unspecified atom stereocenters. The highest BCUT2D eigenvalue weighted by atomic mass is 79.9. The van der Waals surface area contributed by atoms with Crippen molar-refractivity contribution in [3.05, 3.63) is 40.4 Å². The van der Waals surface area contributed by atoms with Crippen molar-refractivity contribution in [3.8, 4) is 5.75 Å². The second-order valence-corrected chi connectivity index (χ2v) is 3.34. The van der Waals surface area contributed by atoms with E-state index in [4.69, 9.17) is 9.84 Å². The second kappa shape index (κ2) is 5.46. The number of hydrogen-bond donors (Lipinski definition) is 1. The van der Waals surface area contributed by atoms with Gasteiger partial charge >= 0.3 is 5.97 Å². The molecule has 0 spiro atoms. The largest absolute Gasteiger partial charge is 0.497 e. The van der Waals surface area contributed by atoms with Gasteiger partial charge in [0.05, 0.1) is 7.11 Å². The maximum atomic E-state index is 11.7. The fraction of sp³-hybridized carbons (Fsp3) is 0.0909. The van der Waals surface area contributed by atoms with Gasteiger partial charge in [-0.1, -0.05) is 15.9 Å². The molecule has 0 bridgehead atoms. The van der Waals surface area contributed by atoms with Crippen LogP contribution in [0.4, 0.5) is 0 Å². The lowest BCUT2D eigenvalue weighted by Crippen LogP contribution is -2.11. The van der Waals surface area contributed by atoms with Crippen molar-refractivity contribution in [2.45, 2.75) is 0 Å². The normalized spacial score (nSPS) is 11.0. The molecule has 0 saturated carbocycles. The van der Waals surface area contributed by atoms with E-state index < -0.39 is 11.8 Å². The van der Waals surface area contributed by atoms with Crippen molar-refractivity contribution in [3.63, 3.8) is 0 Å². The molecule has 84 valence electrons. The van der Waals surface area contributed by atoms with Crippen LogP contribution in [-0.2, 0) is 4.79 Å². The summed E-state index contributed by atoms with van der Waals surface area (Å²) in [7, 11) is 1.51. The van der Waals surface area contributed by atoms with Gasteiger partial charge in [-0.3, -0.25) is 4.79 Å². The average molecular weight is 285 g/mol. The van der Waals surface area contributed by atoms with Crippen LogP contribution in [0.1, 0.15) is 10.4 Å². The third kappa shape index (κ3) is 2.70. The molecule has 0 heterocycles. The van der Waals surface area contributed by atoms with Crippen LogP contribution in [0.2, 0.25) is 0 Å². The van der Waals surface area contributed by atoms with E-state index in [9.17, 15) is 9.59 Å². The molecule has 0 fully saturated rings. The highest BCUT2D eigenvalue weighted by Gasteiger charge is 2.18. The van der Waals surface area contributed by atoms with E-state index in [1.165, 1.54) is 19.2 Å². The number of halogens is 1. The van der Waals surface area contributed by atoms with E-state index in [-0.39, 0.29) is 5.57 Å². The molecular weight excluding hydrogens is 276 g/mol. The lowest BCUT2D eigenvalue weighted by atomic mass is 10.1. The quantitative estimate of drug-likeness (QED) is 0.399. The second-order valence-electron chi connectivity index (χ2n) is 2.89. The fourth-order valence-electron chi connectivity index (χ4n) is 1.09. The van der Waals surface area contributed by atoms with Crippen molar-refractivity contribution in [1.82, 2.24) is 0 Å². The van der Waals surface area contributed by atoms with E-state index in [1.807, 2.05) is 0 Å². The number of carbonyl (C=O) groups is 2. The molecule has 4 nitrogen and oxygen atoms in total. The van der Waals surface area contributed by atoms with Gasteiger partial charge in [-0.15, -0.1) is 0 Å². The van der Waals surface area contributed by atoms with Crippen LogP contribution in [0, 0.1) is 0 Å². The third-order valence-corrected chi connectivity index (χ3v) is 2.39. The van der Waals surface area contributed by atoms with E-state index in [0.717, 1.165) is 4.99 Å². The lowest BCUT2D eigenvalue weighted by molar-refractivity contribution is -0.132. The van der Waals surface area contributed by atoms with Crippen LogP contribution in [0.15, 0.2) is 34.8 Å². The smallest absolute Gasteiger partial charge is 0.340 e. The molecule has 1 aromatic rings.